The zero-order valence-electron chi connectivity index (χ0n) is 12.9. The third-order valence-corrected chi connectivity index (χ3v) is 6.59. The molecule has 1 aromatic heterocycles. The number of hydrogen-bond donors (Lipinski definition) is 1. The van der Waals surface area contributed by atoms with Crippen LogP contribution in [-0.2, 0) is 16.6 Å². The van der Waals surface area contributed by atoms with E-state index in [2.05, 4.69) is 12.2 Å². The second kappa shape index (κ2) is 8.12. The number of rotatable bonds is 9. The number of sulfonamides is 1. The van der Waals surface area contributed by atoms with Crippen molar-refractivity contribution < 1.29 is 8.42 Å². The summed E-state index contributed by atoms with van der Waals surface area (Å²) in [6, 6.07) is 0. The Balaban J connectivity index is 2.93. The number of thiophene rings is 1. The van der Waals surface area contributed by atoms with Crippen molar-refractivity contribution >= 4 is 21.4 Å². The zero-order valence-corrected chi connectivity index (χ0v) is 14.5. The standard InChI is InChI=1S/C14H26N2O2S2/c1-5-7-8-9-16(4)20(17,18)14-12(3)11-19-13(14)10-15-6-2/h11,15H,5-10H2,1-4H3. The van der Waals surface area contributed by atoms with Crippen molar-refractivity contribution in [2.24, 2.45) is 0 Å². The fourth-order valence-electron chi connectivity index (χ4n) is 2.05. The van der Waals surface area contributed by atoms with Gasteiger partial charge in [-0.1, -0.05) is 26.7 Å². The average Bonchev–Trinajstić information content (AvgIpc) is 2.78. The summed E-state index contributed by atoms with van der Waals surface area (Å²) >= 11 is 1.52. The Labute approximate surface area is 127 Å². The number of hydrogen-bond acceptors (Lipinski definition) is 4. The molecule has 0 saturated carbocycles. The molecule has 0 aliphatic carbocycles. The van der Waals surface area contributed by atoms with Gasteiger partial charge in [0.1, 0.15) is 4.90 Å². The van der Waals surface area contributed by atoms with Crippen molar-refractivity contribution in [2.45, 2.75) is 51.5 Å². The summed E-state index contributed by atoms with van der Waals surface area (Å²) in [7, 11) is -1.68. The highest BCUT2D eigenvalue weighted by atomic mass is 32.2. The van der Waals surface area contributed by atoms with E-state index in [-0.39, 0.29) is 0 Å². The molecule has 0 fully saturated rings. The molecular weight excluding hydrogens is 292 g/mol. The van der Waals surface area contributed by atoms with Crippen LogP contribution in [0, 0.1) is 6.92 Å². The quantitative estimate of drug-likeness (QED) is 0.712. The molecule has 0 spiro atoms. The smallest absolute Gasteiger partial charge is 0.244 e. The second-order valence-corrected chi connectivity index (χ2v) is 7.93. The van der Waals surface area contributed by atoms with Gasteiger partial charge in [0.15, 0.2) is 0 Å². The minimum absolute atomic E-state index is 0.502. The number of aryl methyl sites for hydroxylation is 1. The first kappa shape index (κ1) is 17.6. The highest BCUT2D eigenvalue weighted by Gasteiger charge is 2.26. The van der Waals surface area contributed by atoms with E-state index in [9.17, 15) is 8.42 Å². The predicted molar refractivity (Wildman–Crippen MR) is 85.8 cm³/mol. The topological polar surface area (TPSA) is 49.4 Å². The van der Waals surface area contributed by atoms with E-state index < -0.39 is 10.0 Å². The van der Waals surface area contributed by atoms with Gasteiger partial charge in [-0.15, -0.1) is 11.3 Å². The molecule has 6 heteroatoms. The Morgan fingerprint density at radius 1 is 1.30 bits per heavy atom. The second-order valence-electron chi connectivity index (χ2n) is 4.99. The van der Waals surface area contributed by atoms with Gasteiger partial charge in [0.05, 0.1) is 0 Å². The van der Waals surface area contributed by atoms with E-state index in [1.807, 2.05) is 19.2 Å². The fourth-order valence-corrected chi connectivity index (χ4v) is 4.99. The van der Waals surface area contributed by atoms with Gasteiger partial charge in [-0.25, -0.2) is 12.7 Å². The molecule has 1 N–H and O–H groups in total. The van der Waals surface area contributed by atoms with E-state index in [0.717, 1.165) is 36.2 Å². The summed E-state index contributed by atoms with van der Waals surface area (Å²) < 4.78 is 26.9. The molecule has 0 saturated heterocycles. The van der Waals surface area contributed by atoms with Crippen molar-refractivity contribution in [2.75, 3.05) is 20.1 Å². The van der Waals surface area contributed by atoms with Crippen LogP contribution in [-0.4, -0.2) is 32.9 Å². The predicted octanol–water partition coefficient (Wildman–Crippen LogP) is 2.98. The SMILES string of the molecule is CCCCCN(C)S(=O)(=O)c1c(C)csc1CNCC. The lowest BCUT2D eigenvalue weighted by Crippen LogP contribution is -2.29. The summed E-state index contributed by atoms with van der Waals surface area (Å²) in [4.78, 5) is 1.41. The third kappa shape index (κ3) is 4.28. The molecule has 20 heavy (non-hydrogen) atoms. The largest absolute Gasteiger partial charge is 0.312 e. The summed E-state index contributed by atoms with van der Waals surface area (Å²) in [5.74, 6) is 0. The lowest BCUT2D eigenvalue weighted by atomic mass is 10.2. The van der Waals surface area contributed by atoms with Gasteiger partial charge in [0, 0.05) is 25.0 Å². The molecule has 0 unspecified atom stereocenters. The first-order chi connectivity index (χ1) is 9.45. The highest BCUT2D eigenvalue weighted by molar-refractivity contribution is 7.89. The van der Waals surface area contributed by atoms with Crippen LogP contribution in [0.15, 0.2) is 10.3 Å². The molecule has 1 heterocycles. The maximum absolute atomic E-state index is 12.7. The molecule has 0 radical (unpaired) electrons. The minimum Gasteiger partial charge on any atom is -0.312 e. The molecule has 0 amide bonds. The van der Waals surface area contributed by atoms with E-state index in [0.29, 0.717) is 18.0 Å². The van der Waals surface area contributed by atoms with Crippen LogP contribution in [0.25, 0.3) is 0 Å². The van der Waals surface area contributed by atoms with E-state index >= 15 is 0 Å². The molecule has 116 valence electrons. The van der Waals surface area contributed by atoms with Crippen molar-refractivity contribution in [3.63, 3.8) is 0 Å². The zero-order chi connectivity index (χ0) is 15.2. The molecular formula is C14H26N2O2S2. The first-order valence-electron chi connectivity index (χ1n) is 7.19. The van der Waals surface area contributed by atoms with Gasteiger partial charge in [0.25, 0.3) is 0 Å². The summed E-state index contributed by atoms with van der Waals surface area (Å²) in [6.45, 7) is 8.05. The van der Waals surface area contributed by atoms with Gasteiger partial charge < -0.3 is 5.32 Å². The maximum Gasteiger partial charge on any atom is 0.244 e. The number of unbranched alkanes of at least 4 members (excludes halogenated alkanes) is 2. The fraction of sp³-hybridized carbons (Fsp3) is 0.714. The molecule has 0 aliphatic heterocycles. The van der Waals surface area contributed by atoms with Crippen LogP contribution < -0.4 is 5.32 Å². The van der Waals surface area contributed by atoms with Crippen LogP contribution in [0.5, 0.6) is 0 Å². The Morgan fingerprint density at radius 3 is 2.60 bits per heavy atom. The van der Waals surface area contributed by atoms with Crippen LogP contribution in [0.3, 0.4) is 0 Å². The highest BCUT2D eigenvalue weighted by Crippen LogP contribution is 2.29. The Kier molecular flexibility index (Phi) is 7.15. The van der Waals surface area contributed by atoms with Gasteiger partial charge in [-0.2, -0.15) is 0 Å². The van der Waals surface area contributed by atoms with Crippen molar-refractivity contribution in [1.29, 1.82) is 0 Å². The van der Waals surface area contributed by atoms with Crippen molar-refractivity contribution in [3.8, 4) is 0 Å². The lowest BCUT2D eigenvalue weighted by molar-refractivity contribution is 0.453. The van der Waals surface area contributed by atoms with E-state index in [4.69, 9.17) is 0 Å². The van der Waals surface area contributed by atoms with Crippen molar-refractivity contribution in [1.82, 2.24) is 9.62 Å². The monoisotopic (exact) mass is 318 g/mol. The molecule has 0 aliphatic rings. The molecule has 0 atom stereocenters. The van der Waals surface area contributed by atoms with Gasteiger partial charge in [0.2, 0.25) is 10.0 Å². The molecule has 0 bridgehead atoms. The van der Waals surface area contributed by atoms with Crippen molar-refractivity contribution in [3.05, 3.63) is 15.8 Å². The molecule has 1 aromatic rings. The van der Waals surface area contributed by atoms with Crippen LogP contribution >= 0.6 is 11.3 Å². The third-order valence-electron chi connectivity index (χ3n) is 3.27. The Hall–Kier alpha value is -0.430. The van der Waals surface area contributed by atoms with E-state index in [1.165, 1.54) is 15.6 Å². The van der Waals surface area contributed by atoms with Gasteiger partial charge in [-0.3, -0.25) is 0 Å². The molecule has 4 nitrogen and oxygen atoms in total. The number of nitrogens with zero attached hydrogens (tertiary/aromatic N) is 1. The maximum atomic E-state index is 12.7. The van der Waals surface area contributed by atoms with E-state index in [1.54, 1.807) is 7.05 Å². The van der Waals surface area contributed by atoms with Crippen LogP contribution in [0.4, 0.5) is 0 Å². The summed E-state index contributed by atoms with van der Waals surface area (Å²) in [5, 5.41) is 5.14. The first-order valence-corrected chi connectivity index (χ1v) is 9.51. The minimum atomic E-state index is -3.36. The Bertz CT molecular complexity index is 509. The van der Waals surface area contributed by atoms with Crippen LogP contribution in [0.1, 0.15) is 43.6 Å². The van der Waals surface area contributed by atoms with Gasteiger partial charge >= 0.3 is 0 Å². The average molecular weight is 319 g/mol. The summed E-state index contributed by atoms with van der Waals surface area (Å²) in [6.07, 6.45) is 3.07. The Morgan fingerprint density at radius 2 is 2.00 bits per heavy atom. The molecule has 0 aromatic carbocycles. The normalized spacial score (nSPS) is 12.2. The van der Waals surface area contributed by atoms with Crippen LogP contribution in [0.2, 0.25) is 0 Å². The lowest BCUT2D eigenvalue weighted by Gasteiger charge is -2.18. The summed E-state index contributed by atoms with van der Waals surface area (Å²) in [5.41, 5.74) is 0.852. The molecule has 1 rings (SSSR count). The van der Waals surface area contributed by atoms with Gasteiger partial charge in [-0.05, 0) is 30.8 Å². The number of nitrogens with one attached hydrogen (secondary N) is 1.